The summed E-state index contributed by atoms with van der Waals surface area (Å²) < 4.78 is 0. The highest BCUT2D eigenvalue weighted by atomic mass is 16.3. The monoisotopic (exact) mass is 552 g/mol. The summed E-state index contributed by atoms with van der Waals surface area (Å²) in [5.74, 6) is -10.3. The summed E-state index contributed by atoms with van der Waals surface area (Å²) in [5, 5.41) is 23.1. The van der Waals surface area contributed by atoms with Crippen molar-refractivity contribution < 1.29 is 34.2 Å². The molecule has 2 fully saturated rings. The molecule has 1 aromatic rings. The number of likely N-dealkylation sites (N-methyl/N-ethyl adjacent to an activating group) is 1. The minimum atomic E-state index is -2.73. The molecule has 11 nitrogen and oxygen atoms in total. The first-order valence-electron chi connectivity index (χ1n) is 13.6. The van der Waals surface area contributed by atoms with Gasteiger partial charge in [-0.1, -0.05) is 12.2 Å². The first-order chi connectivity index (χ1) is 18.8. The van der Waals surface area contributed by atoms with Crippen LogP contribution in [0.15, 0.2) is 18.2 Å². The number of anilines is 1. The molecular formula is C29H36N4O7. The maximum Gasteiger partial charge on any atom is 0.235 e. The van der Waals surface area contributed by atoms with Crippen molar-refractivity contribution in [1.82, 2.24) is 9.80 Å². The van der Waals surface area contributed by atoms with Gasteiger partial charge in [0.25, 0.3) is 0 Å². The second kappa shape index (κ2) is 9.90. The lowest BCUT2D eigenvalue weighted by Crippen LogP contribution is -2.74. The number of phenolic OH excluding ortho intramolecular Hbond substituents is 1. The van der Waals surface area contributed by atoms with Crippen LogP contribution in [0, 0.1) is 23.7 Å². The van der Waals surface area contributed by atoms with Crippen molar-refractivity contribution in [3.8, 4) is 5.75 Å². The number of nitrogens with two attached hydrogens (primary N) is 1. The Morgan fingerprint density at radius 2 is 1.82 bits per heavy atom. The number of benzene rings is 1. The van der Waals surface area contributed by atoms with Gasteiger partial charge in [-0.25, -0.2) is 0 Å². The number of carbonyl (C=O) groups is 5. The molecule has 2 unspecified atom stereocenters. The van der Waals surface area contributed by atoms with E-state index in [1.54, 1.807) is 14.1 Å². The molecule has 4 aliphatic rings. The summed E-state index contributed by atoms with van der Waals surface area (Å²) in [6.45, 7) is 1.90. The third-order valence-electron chi connectivity index (χ3n) is 9.13. The lowest BCUT2D eigenvalue weighted by Gasteiger charge is -2.52. The van der Waals surface area contributed by atoms with Gasteiger partial charge in [-0.05, 0) is 50.9 Å². The maximum atomic E-state index is 14.1. The standard InChI is InChI=1S/C29H36N4O7/c1-31(2)18-12-15(13-33-8-6-5-7-9-33)23(34)20-16(18)10-14-11-17-22(32(3)4)25(36)21(28(30)39)27(38)29(17,40)26(37)19(14)24(20)35/h5-6,12,14,17,19,21-22,34,40H,7-11,13H2,1-4H3,(H2,30,39)/t14-,17-,19?,21?,22-,29-/m0/s1. The minimum Gasteiger partial charge on any atom is -0.507 e. The van der Waals surface area contributed by atoms with Gasteiger partial charge in [-0.2, -0.15) is 0 Å². The summed E-state index contributed by atoms with van der Waals surface area (Å²) in [5.41, 5.74) is 4.57. The van der Waals surface area contributed by atoms with Crippen molar-refractivity contribution in [1.29, 1.82) is 0 Å². The molecule has 11 heteroatoms. The molecular weight excluding hydrogens is 516 g/mol. The van der Waals surface area contributed by atoms with Crippen LogP contribution in [0.5, 0.6) is 5.75 Å². The van der Waals surface area contributed by atoms with E-state index in [0.717, 1.165) is 18.7 Å². The number of rotatable bonds is 5. The number of carbonyl (C=O) groups excluding carboxylic acids is 5. The number of nitrogens with zero attached hydrogens (tertiary/aromatic N) is 3. The summed E-state index contributed by atoms with van der Waals surface area (Å²) >= 11 is 0. The number of hydrogen-bond donors (Lipinski definition) is 3. The lowest BCUT2D eigenvalue weighted by atomic mass is 9.52. The van der Waals surface area contributed by atoms with Crippen LogP contribution in [0.3, 0.4) is 0 Å². The van der Waals surface area contributed by atoms with Crippen molar-refractivity contribution in [2.75, 3.05) is 46.2 Å². The van der Waals surface area contributed by atoms with Crippen molar-refractivity contribution in [2.24, 2.45) is 29.4 Å². The normalized spacial score (nSPS) is 32.1. The van der Waals surface area contributed by atoms with E-state index < -0.39 is 64.4 Å². The number of Topliss-reactive ketones (excluding diaryl/α,β-unsaturated/α-hetero) is 4. The largest absolute Gasteiger partial charge is 0.507 e. The Hall–Kier alpha value is -3.41. The fourth-order valence-corrected chi connectivity index (χ4v) is 7.30. The molecule has 0 saturated heterocycles. The topological polar surface area (TPSA) is 162 Å². The SMILES string of the molecule is CN(C)c1cc(CN2CC=CCC2)c(O)c2c1C[C@H]1C[C@H]3[C@H](N(C)C)C(=O)C(C(N)=O)C(=O)[C@@]3(O)C(=O)C1C2=O. The highest BCUT2D eigenvalue weighted by Gasteiger charge is 2.69. The second-order valence-electron chi connectivity index (χ2n) is 11.9. The van der Waals surface area contributed by atoms with Crippen molar-refractivity contribution in [2.45, 2.75) is 37.5 Å². The molecule has 3 aliphatic carbocycles. The predicted octanol–water partition coefficient (Wildman–Crippen LogP) is -0.305. The summed E-state index contributed by atoms with van der Waals surface area (Å²) in [4.78, 5) is 72.4. The molecule has 40 heavy (non-hydrogen) atoms. The number of phenols is 1. The third-order valence-corrected chi connectivity index (χ3v) is 9.13. The summed E-state index contributed by atoms with van der Waals surface area (Å²) in [6, 6.07) is 0.749. The molecule has 1 amide bonds. The van der Waals surface area contributed by atoms with E-state index in [9.17, 15) is 34.2 Å². The van der Waals surface area contributed by atoms with Gasteiger partial charge >= 0.3 is 0 Å². The van der Waals surface area contributed by atoms with Crippen LogP contribution < -0.4 is 10.6 Å². The van der Waals surface area contributed by atoms with E-state index in [1.807, 2.05) is 31.1 Å². The van der Waals surface area contributed by atoms with Gasteiger partial charge < -0.3 is 20.8 Å². The highest BCUT2D eigenvalue weighted by Crippen LogP contribution is 2.52. The van der Waals surface area contributed by atoms with Gasteiger partial charge in [-0.15, -0.1) is 0 Å². The van der Waals surface area contributed by atoms with Crippen molar-refractivity contribution in [3.05, 3.63) is 34.9 Å². The number of amides is 1. The number of primary amides is 1. The van der Waals surface area contributed by atoms with Crippen LogP contribution in [0.25, 0.3) is 0 Å². The van der Waals surface area contributed by atoms with Crippen molar-refractivity contribution in [3.63, 3.8) is 0 Å². The Morgan fingerprint density at radius 3 is 2.40 bits per heavy atom. The van der Waals surface area contributed by atoms with Gasteiger partial charge in [-0.3, -0.25) is 33.8 Å². The zero-order valence-corrected chi connectivity index (χ0v) is 23.2. The molecule has 1 aromatic carbocycles. The number of fused-ring (bicyclic) bond motifs is 3. The molecule has 5 rings (SSSR count). The number of aromatic hydroxyl groups is 1. The maximum absolute atomic E-state index is 14.1. The zero-order chi connectivity index (χ0) is 29.3. The van der Waals surface area contributed by atoms with Crippen LogP contribution in [0.2, 0.25) is 0 Å². The fraction of sp³-hybridized carbons (Fsp3) is 0.552. The van der Waals surface area contributed by atoms with E-state index in [-0.39, 0.29) is 24.2 Å². The molecule has 0 radical (unpaired) electrons. The molecule has 0 spiro atoms. The van der Waals surface area contributed by atoms with Crippen LogP contribution in [0.1, 0.15) is 34.3 Å². The number of ketones is 4. The van der Waals surface area contributed by atoms with Crippen LogP contribution in [-0.2, 0) is 32.1 Å². The molecule has 214 valence electrons. The zero-order valence-electron chi connectivity index (χ0n) is 23.2. The quantitative estimate of drug-likeness (QED) is 0.327. The average Bonchev–Trinajstić information content (AvgIpc) is 2.87. The van der Waals surface area contributed by atoms with Crippen LogP contribution in [0.4, 0.5) is 5.69 Å². The Balaban J connectivity index is 1.62. The van der Waals surface area contributed by atoms with E-state index in [4.69, 9.17) is 5.73 Å². The van der Waals surface area contributed by atoms with E-state index in [2.05, 4.69) is 11.0 Å². The first kappa shape index (κ1) is 28.1. The van der Waals surface area contributed by atoms with Crippen LogP contribution in [-0.4, -0.2) is 102 Å². The summed E-state index contributed by atoms with van der Waals surface area (Å²) in [6.07, 6.45) is 5.28. The molecule has 4 N–H and O–H groups in total. The predicted molar refractivity (Wildman–Crippen MR) is 145 cm³/mol. The Labute approximate surface area is 232 Å². The first-order valence-corrected chi connectivity index (χ1v) is 13.6. The molecule has 2 saturated carbocycles. The average molecular weight is 553 g/mol. The summed E-state index contributed by atoms with van der Waals surface area (Å²) in [7, 11) is 6.81. The highest BCUT2D eigenvalue weighted by molar-refractivity contribution is 6.32. The molecule has 0 bridgehead atoms. The minimum absolute atomic E-state index is 0.0272. The van der Waals surface area contributed by atoms with Gasteiger partial charge in [0, 0.05) is 50.9 Å². The van der Waals surface area contributed by atoms with E-state index in [1.165, 1.54) is 4.90 Å². The second-order valence-corrected chi connectivity index (χ2v) is 11.9. The van der Waals surface area contributed by atoms with E-state index >= 15 is 0 Å². The molecule has 0 aromatic heterocycles. The Bertz CT molecular complexity index is 1350. The smallest absolute Gasteiger partial charge is 0.235 e. The van der Waals surface area contributed by atoms with Crippen LogP contribution >= 0.6 is 0 Å². The number of aliphatic hydroxyl groups is 1. The van der Waals surface area contributed by atoms with E-state index in [0.29, 0.717) is 24.2 Å². The Kier molecular flexibility index (Phi) is 6.96. The van der Waals surface area contributed by atoms with Gasteiger partial charge in [0.05, 0.1) is 17.5 Å². The molecule has 1 heterocycles. The van der Waals surface area contributed by atoms with Crippen molar-refractivity contribution >= 4 is 34.7 Å². The lowest BCUT2D eigenvalue weighted by molar-refractivity contribution is -0.181. The molecule has 1 aliphatic heterocycles. The van der Waals surface area contributed by atoms with Gasteiger partial charge in [0.1, 0.15) is 5.75 Å². The molecule has 6 atom stereocenters. The van der Waals surface area contributed by atoms with Gasteiger partial charge in [0.2, 0.25) is 5.91 Å². The van der Waals surface area contributed by atoms with Gasteiger partial charge in [0.15, 0.2) is 34.7 Å². The third kappa shape index (κ3) is 4.02. The fourth-order valence-electron chi connectivity index (χ4n) is 7.30. The Morgan fingerprint density at radius 1 is 1.12 bits per heavy atom. The number of hydrogen-bond acceptors (Lipinski definition) is 10.